The van der Waals surface area contributed by atoms with E-state index >= 15 is 0 Å². The highest BCUT2D eigenvalue weighted by atomic mass is 15.2. The van der Waals surface area contributed by atoms with E-state index in [1.165, 1.54) is 5.56 Å². The normalized spacial score (nSPS) is 12.1. The van der Waals surface area contributed by atoms with Crippen molar-refractivity contribution in [2.45, 2.75) is 27.2 Å². The van der Waals surface area contributed by atoms with Crippen LogP contribution in [-0.4, -0.2) is 16.3 Å². The number of hydrogen-bond donors (Lipinski definition) is 1. The number of rotatable bonds is 3. The molecule has 74 valence electrons. The number of hydrogen-bond acceptors (Lipinski definition) is 2. The monoisotopic (exact) mass is 181 g/mol. The van der Waals surface area contributed by atoms with Gasteiger partial charge >= 0.3 is 0 Å². The first-order chi connectivity index (χ1) is 5.94. The summed E-state index contributed by atoms with van der Waals surface area (Å²) in [6.07, 6.45) is 3.08. The van der Waals surface area contributed by atoms with Crippen LogP contribution in [0.4, 0.5) is 0 Å². The summed E-state index contributed by atoms with van der Waals surface area (Å²) in [6, 6.07) is 0. The fraction of sp³-hybridized carbons (Fsp3) is 0.700. The Morgan fingerprint density at radius 1 is 1.54 bits per heavy atom. The van der Waals surface area contributed by atoms with Crippen LogP contribution in [-0.2, 0) is 13.5 Å². The van der Waals surface area contributed by atoms with Crippen molar-refractivity contribution in [2.24, 2.45) is 18.2 Å². The van der Waals surface area contributed by atoms with Crippen molar-refractivity contribution in [2.75, 3.05) is 6.54 Å². The lowest BCUT2D eigenvalue weighted by molar-refractivity contribution is 0.376. The third kappa shape index (κ3) is 2.56. The maximum absolute atomic E-state index is 5.68. The molecule has 0 saturated carbocycles. The van der Waals surface area contributed by atoms with Gasteiger partial charge in [0.2, 0.25) is 0 Å². The van der Waals surface area contributed by atoms with Crippen LogP contribution in [0.3, 0.4) is 0 Å². The molecule has 0 amide bonds. The first-order valence-corrected chi connectivity index (χ1v) is 4.64. The van der Waals surface area contributed by atoms with E-state index in [9.17, 15) is 0 Å². The molecule has 0 atom stereocenters. The minimum absolute atomic E-state index is 0.174. The summed E-state index contributed by atoms with van der Waals surface area (Å²) in [5.41, 5.74) is 8.28. The van der Waals surface area contributed by atoms with Gasteiger partial charge in [-0.1, -0.05) is 13.8 Å². The Labute approximate surface area is 79.9 Å². The Morgan fingerprint density at radius 3 is 2.54 bits per heavy atom. The maximum atomic E-state index is 5.68. The fourth-order valence-corrected chi connectivity index (χ4v) is 1.41. The minimum atomic E-state index is 0.174. The Bertz CT molecular complexity index is 286. The van der Waals surface area contributed by atoms with Crippen molar-refractivity contribution in [1.82, 2.24) is 9.78 Å². The van der Waals surface area contributed by atoms with Crippen LogP contribution in [0.2, 0.25) is 0 Å². The first-order valence-electron chi connectivity index (χ1n) is 4.64. The maximum Gasteiger partial charge on any atom is 0.0625 e. The lowest BCUT2D eigenvalue weighted by Crippen LogP contribution is -2.26. The molecule has 0 aliphatic carbocycles. The van der Waals surface area contributed by atoms with Gasteiger partial charge in [0.25, 0.3) is 0 Å². The molecule has 1 aromatic rings. The topological polar surface area (TPSA) is 43.8 Å². The molecule has 0 radical (unpaired) electrons. The lowest BCUT2D eigenvalue weighted by Gasteiger charge is -2.21. The standard InChI is InChI=1S/C10H19N3/c1-8-9(6-13(4)12-8)5-10(2,3)7-11/h6H,5,7,11H2,1-4H3. The Hall–Kier alpha value is -0.830. The van der Waals surface area contributed by atoms with Gasteiger partial charge in [-0.25, -0.2) is 0 Å². The zero-order valence-corrected chi connectivity index (χ0v) is 8.96. The van der Waals surface area contributed by atoms with Gasteiger partial charge in [0.05, 0.1) is 5.69 Å². The van der Waals surface area contributed by atoms with Crippen molar-refractivity contribution < 1.29 is 0 Å². The van der Waals surface area contributed by atoms with Crippen LogP contribution in [0.15, 0.2) is 6.20 Å². The SMILES string of the molecule is Cc1nn(C)cc1CC(C)(C)CN. The van der Waals surface area contributed by atoms with Gasteiger partial charge < -0.3 is 5.73 Å². The van der Waals surface area contributed by atoms with Gasteiger partial charge in [0, 0.05) is 13.2 Å². The van der Waals surface area contributed by atoms with E-state index in [-0.39, 0.29) is 5.41 Å². The molecule has 0 unspecified atom stereocenters. The highest BCUT2D eigenvalue weighted by molar-refractivity contribution is 5.17. The molecule has 2 N–H and O–H groups in total. The van der Waals surface area contributed by atoms with E-state index in [0.29, 0.717) is 6.54 Å². The molecule has 3 heteroatoms. The quantitative estimate of drug-likeness (QED) is 0.763. The summed E-state index contributed by atoms with van der Waals surface area (Å²) < 4.78 is 1.86. The molecule has 0 fully saturated rings. The number of nitrogens with two attached hydrogens (primary N) is 1. The summed E-state index contributed by atoms with van der Waals surface area (Å²) >= 11 is 0. The molecule has 1 rings (SSSR count). The van der Waals surface area contributed by atoms with Gasteiger partial charge in [-0.3, -0.25) is 4.68 Å². The minimum Gasteiger partial charge on any atom is -0.330 e. The summed E-state index contributed by atoms with van der Waals surface area (Å²) in [5.74, 6) is 0. The molecule has 0 spiro atoms. The third-order valence-electron chi connectivity index (χ3n) is 2.34. The summed E-state index contributed by atoms with van der Waals surface area (Å²) in [4.78, 5) is 0. The van der Waals surface area contributed by atoms with Gasteiger partial charge in [-0.15, -0.1) is 0 Å². The third-order valence-corrected chi connectivity index (χ3v) is 2.34. The zero-order valence-electron chi connectivity index (χ0n) is 8.96. The van der Waals surface area contributed by atoms with Crippen LogP contribution < -0.4 is 5.73 Å². The van der Waals surface area contributed by atoms with Crippen LogP contribution in [0, 0.1) is 12.3 Å². The number of nitrogens with zero attached hydrogens (tertiary/aromatic N) is 2. The van der Waals surface area contributed by atoms with Crippen LogP contribution >= 0.6 is 0 Å². The highest BCUT2D eigenvalue weighted by Gasteiger charge is 2.18. The van der Waals surface area contributed by atoms with E-state index in [2.05, 4.69) is 25.1 Å². The molecule has 3 nitrogen and oxygen atoms in total. The molecular formula is C10H19N3. The number of aryl methyl sites for hydroxylation is 2. The zero-order chi connectivity index (χ0) is 10.1. The molecule has 1 aromatic heterocycles. The van der Waals surface area contributed by atoms with Gasteiger partial charge in [-0.05, 0) is 30.9 Å². The van der Waals surface area contributed by atoms with Crippen LogP contribution in [0.25, 0.3) is 0 Å². The first kappa shape index (κ1) is 10.3. The molecule has 13 heavy (non-hydrogen) atoms. The second kappa shape index (κ2) is 3.50. The highest BCUT2D eigenvalue weighted by Crippen LogP contribution is 2.21. The summed E-state index contributed by atoms with van der Waals surface area (Å²) in [6.45, 7) is 7.11. The predicted octanol–water partition coefficient (Wildman–Crippen LogP) is 1.26. The van der Waals surface area contributed by atoms with E-state index in [4.69, 9.17) is 5.73 Å². The van der Waals surface area contributed by atoms with Crippen molar-refractivity contribution in [3.8, 4) is 0 Å². The molecule has 0 aliphatic heterocycles. The van der Waals surface area contributed by atoms with E-state index in [1.54, 1.807) is 0 Å². The molecule has 1 heterocycles. The van der Waals surface area contributed by atoms with Crippen molar-refractivity contribution in [3.63, 3.8) is 0 Å². The summed E-state index contributed by atoms with van der Waals surface area (Å²) in [5, 5.41) is 4.31. The lowest BCUT2D eigenvalue weighted by atomic mass is 9.86. The molecule has 0 bridgehead atoms. The van der Waals surface area contributed by atoms with Gasteiger partial charge in [0.15, 0.2) is 0 Å². The van der Waals surface area contributed by atoms with E-state index in [0.717, 1.165) is 12.1 Å². The van der Waals surface area contributed by atoms with E-state index < -0.39 is 0 Å². The van der Waals surface area contributed by atoms with Crippen molar-refractivity contribution in [1.29, 1.82) is 0 Å². The summed E-state index contributed by atoms with van der Waals surface area (Å²) in [7, 11) is 1.95. The average molecular weight is 181 g/mol. The molecule has 0 saturated heterocycles. The smallest absolute Gasteiger partial charge is 0.0625 e. The number of aromatic nitrogens is 2. The van der Waals surface area contributed by atoms with Gasteiger partial charge in [0.1, 0.15) is 0 Å². The van der Waals surface area contributed by atoms with Crippen molar-refractivity contribution >= 4 is 0 Å². The van der Waals surface area contributed by atoms with Gasteiger partial charge in [-0.2, -0.15) is 5.10 Å². The molecule has 0 aliphatic rings. The van der Waals surface area contributed by atoms with Crippen LogP contribution in [0.5, 0.6) is 0 Å². The predicted molar refractivity (Wildman–Crippen MR) is 54.5 cm³/mol. The largest absolute Gasteiger partial charge is 0.330 e. The Morgan fingerprint density at radius 2 is 2.15 bits per heavy atom. The molecular weight excluding hydrogens is 162 g/mol. The van der Waals surface area contributed by atoms with Crippen LogP contribution in [0.1, 0.15) is 25.1 Å². The average Bonchev–Trinajstić information content (AvgIpc) is 2.30. The Balaban J connectivity index is 2.79. The second-order valence-corrected chi connectivity index (χ2v) is 4.46. The van der Waals surface area contributed by atoms with E-state index in [1.807, 2.05) is 18.7 Å². The fourth-order valence-electron chi connectivity index (χ4n) is 1.41. The molecule has 0 aromatic carbocycles. The second-order valence-electron chi connectivity index (χ2n) is 4.46. The van der Waals surface area contributed by atoms with Crippen molar-refractivity contribution in [3.05, 3.63) is 17.5 Å². The Kier molecular flexibility index (Phi) is 2.76.